The second kappa shape index (κ2) is 7.75. The maximum absolute atomic E-state index is 4.20. The van der Waals surface area contributed by atoms with Gasteiger partial charge >= 0.3 is 0 Å². The van der Waals surface area contributed by atoms with E-state index in [1.165, 1.54) is 17.5 Å². The van der Waals surface area contributed by atoms with Crippen molar-refractivity contribution in [1.82, 2.24) is 14.9 Å². The Morgan fingerprint density at radius 2 is 1.70 bits per heavy atom. The van der Waals surface area contributed by atoms with E-state index >= 15 is 0 Å². The molecule has 0 saturated heterocycles. The van der Waals surface area contributed by atoms with Crippen LogP contribution in [0.4, 0.5) is 0 Å². The topological polar surface area (TPSA) is 29.0 Å². The highest BCUT2D eigenvalue weighted by Crippen LogP contribution is 2.11. The highest BCUT2D eigenvalue weighted by Gasteiger charge is 2.08. The van der Waals surface area contributed by atoms with Crippen molar-refractivity contribution >= 4 is 0 Å². The zero-order chi connectivity index (χ0) is 14.2. The molecular weight excluding hydrogens is 246 g/mol. The molecular formula is C17H23N3. The molecule has 20 heavy (non-hydrogen) atoms. The van der Waals surface area contributed by atoms with Gasteiger partial charge in [-0.15, -0.1) is 0 Å². The predicted molar refractivity (Wildman–Crippen MR) is 82.0 cm³/mol. The molecule has 2 heterocycles. The Morgan fingerprint density at radius 1 is 0.950 bits per heavy atom. The first-order valence-electron chi connectivity index (χ1n) is 7.24. The lowest BCUT2D eigenvalue weighted by Gasteiger charge is -2.23. The van der Waals surface area contributed by atoms with Crippen LogP contribution < -0.4 is 0 Å². The van der Waals surface area contributed by atoms with Crippen molar-refractivity contribution < 1.29 is 0 Å². The Kier molecular flexibility index (Phi) is 5.69. The molecule has 0 atom stereocenters. The number of hydrogen-bond acceptors (Lipinski definition) is 3. The van der Waals surface area contributed by atoms with Crippen molar-refractivity contribution in [2.45, 2.75) is 33.4 Å². The molecule has 2 aromatic heterocycles. The summed E-state index contributed by atoms with van der Waals surface area (Å²) in [4.78, 5) is 10.8. The van der Waals surface area contributed by atoms with Gasteiger partial charge in [0, 0.05) is 37.9 Å². The van der Waals surface area contributed by atoms with Crippen LogP contribution in [0.3, 0.4) is 0 Å². The zero-order valence-electron chi connectivity index (χ0n) is 12.4. The standard InChI is InChI=1S/C17H23N3/c1-15(2)7-11-20(13-16-5-9-18-10-6-16)14-17-4-3-8-19-12-17/h3-6,8-10,12,15H,7,11,13-14H2,1-2H3. The van der Waals surface area contributed by atoms with E-state index in [-0.39, 0.29) is 0 Å². The molecule has 106 valence electrons. The Morgan fingerprint density at radius 3 is 2.35 bits per heavy atom. The van der Waals surface area contributed by atoms with Crippen LogP contribution in [0.5, 0.6) is 0 Å². The van der Waals surface area contributed by atoms with Crippen molar-refractivity contribution in [3.8, 4) is 0 Å². The number of hydrogen-bond donors (Lipinski definition) is 0. The van der Waals surface area contributed by atoms with Crippen LogP contribution in [0.25, 0.3) is 0 Å². The van der Waals surface area contributed by atoms with Gasteiger partial charge in [0.15, 0.2) is 0 Å². The normalized spacial score (nSPS) is 11.2. The minimum atomic E-state index is 0.726. The average molecular weight is 269 g/mol. The lowest BCUT2D eigenvalue weighted by molar-refractivity contribution is 0.241. The third-order valence-electron chi connectivity index (χ3n) is 3.31. The third kappa shape index (κ3) is 5.10. The van der Waals surface area contributed by atoms with Crippen molar-refractivity contribution in [2.75, 3.05) is 6.54 Å². The largest absolute Gasteiger partial charge is 0.295 e. The van der Waals surface area contributed by atoms with Gasteiger partial charge in [-0.2, -0.15) is 0 Å². The fourth-order valence-corrected chi connectivity index (χ4v) is 2.15. The lowest BCUT2D eigenvalue weighted by Crippen LogP contribution is -2.25. The molecule has 3 nitrogen and oxygen atoms in total. The van der Waals surface area contributed by atoms with E-state index in [2.05, 4.69) is 46.9 Å². The average Bonchev–Trinajstić information content (AvgIpc) is 2.47. The van der Waals surface area contributed by atoms with Crippen LogP contribution >= 0.6 is 0 Å². The molecule has 0 saturated carbocycles. The first-order chi connectivity index (χ1) is 9.74. The van der Waals surface area contributed by atoms with Gasteiger partial charge in [-0.05, 0) is 48.2 Å². The summed E-state index contributed by atoms with van der Waals surface area (Å²) in [6.07, 6.45) is 8.71. The molecule has 0 amide bonds. The van der Waals surface area contributed by atoms with Gasteiger partial charge in [0.25, 0.3) is 0 Å². The highest BCUT2D eigenvalue weighted by atomic mass is 15.1. The quantitative estimate of drug-likeness (QED) is 0.770. The van der Waals surface area contributed by atoms with E-state index in [0.29, 0.717) is 0 Å². The highest BCUT2D eigenvalue weighted by molar-refractivity contribution is 5.11. The monoisotopic (exact) mass is 269 g/mol. The third-order valence-corrected chi connectivity index (χ3v) is 3.31. The van der Waals surface area contributed by atoms with Gasteiger partial charge < -0.3 is 0 Å². The van der Waals surface area contributed by atoms with E-state index in [1.807, 2.05) is 30.9 Å². The lowest BCUT2D eigenvalue weighted by atomic mass is 10.1. The molecule has 0 N–H and O–H groups in total. The molecule has 0 bridgehead atoms. The molecule has 0 aliphatic carbocycles. The minimum absolute atomic E-state index is 0.726. The summed E-state index contributed by atoms with van der Waals surface area (Å²) in [6.45, 7) is 7.56. The van der Waals surface area contributed by atoms with Crippen molar-refractivity contribution in [3.05, 3.63) is 60.2 Å². The molecule has 0 fully saturated rings. The van der Waals surface area contributed by atoms with E-state index in [4.69, 9.17) is 0 Å². The van der Waals surface area contributed by atoms with Crippen LogP contribution in [0, 0.1) is 5.92 Å². The van der Waals surface area contributed by atoms with Crippen molar-refractivity contribution in [1.29, 1.82) is 0 Å². The van der Waals surface area contributed by atoms with Crippen LogP contribution in [-0.4, -0.2) is 21.4 Å². The van der Waals surface area contributed by atoms with Crippen LogP contribution in [0.15, 0.2) is 49.1 Å². The Labute approximate surface area is 121 Å². The zero-order valence-corrected chi connectivity index (χ0v) is 12.4. The van der Waals surface area contributed by atoms with Crippen molar-refractivity contribution in [2.24, 2.45) is 5.92 Å². The molecule has 0 aliphatic heterocycles. The molecule has 0 unspecified atom stereocenters. The summed E-state index contributed by atoms with van der Waals surface area (Å²) in [5, 5.41) is 0. The molecule has 0 aliphatic rings. The van der Waals surface area contributed by atoms with Gasteiger partial charge in [-0.3, -0.25) is 14.9 Å². The summed E-state index contributed by atoms with van der Waals surface area (Å²) in [7, 11) is 0. The Balaban J connectivity index is 2.00. The van der Waals surface area contributed by atoms with Crippen LogP contribution in [0.1, 0.15) is 31.4 Å². The summed E-state index contributed by atoms with van der Waals surface area (Å²) in [6, 6.07) is 8.32. The maximum atomic E-state index is 4.20. The smallest absolute Gasteiger partial charge is 0.0312 e. The number of aromatic nitrogens is 2. The van der Waals surface area contributed by atoms with E-state index in [1.54, 1.807) is 0 Å². The van der Waals surface area contributed by atoms with Gasteiger partial charge in [-0.25, -0.2) is 0 Å². The molecule has 0 spiro atoms. The summed E-state index contributed by atoms with van der Waals surface area (Å²) in [5.74, 6) is 0.726. The van der Waals surface area contributed by atoms with E-state index in [0.717, 1.165) is 25.6 Å². The first kappa shape index (κ1) is 14.7. The number of pyridine rings is 2. The second-order valence-electron chi connectivity index (χ2n) is 5.61. The fourth-order valence-electron chi connectivity index (χ4n) is 2.15. The molecule has 0 aromatic carbocycles. The molecule has 0 radical (unpaired) electrons. The predicted octanol–water partition coefficient (Wildman–Crippen LogP) is 3.52. The summed E-state index contributed by atoms with van der Waals surface area (Å²) < 4.78 is 0. The van der Waals surface area contributed by atoms with Crippen LogP contribution in [0.2, 0.25) is 0 Å². The molecule has 3 heteroatoms. The van der Waals surface area contributed by atoms with E-state index in [9.17, 15) is 0 Å². The van der Waals surface area contributed by atoms with Crippen LogP contribution in [-0.2, 0) is 13.1 Å². The second-order valence-corrected chi connectivity index (χ2v) is 5.61. The summed E-state index contributed by atoms with van der Waals surface area (Å²) in [5.41, 5.74) is 2.58. The Hall–Kier alpha value is -1.74. The van der Waals surface area contributed by atoms with Crippen molar-refractivity contribution in [3.63, 3.8) is 0 Å². The van der Waals surface area contributed by atoms with Gasteiger partial charge in [-0.1, -0.05) is 19.9 Å². The number of rotatable bonds is 7. The van der Waals surface area contributed by atoms with E-state index < -0.39 is 0 Å². The van der Waals surface area contributed by atoms with Gasteiger partial charge in [0.1, 0.15) is 0 Å². The SMILES string of the molecule is CC(C)CCN(Cc1ccncc1)Cc1cccnc1. The minimum Gasteiger partial charge on any atom is -0.295 e. The first-order valence-corrected chi connectivity index (χ1v) is 7.24. The number of nitrogens with zero attached hydrogens (tertiary/aromatic N) is 3. The fraction of sp³-hybridized carbons (Fsp3) is 0.412. The van der Waals surface area contributed by atoms with Gasteiger partial charge in [0.2, 0.25) is 0 Å². The Bertz CT molecular complexity index is 441. The van der Waals surface area contributed by atoms with Gasteiger partial charge in [0.05, 0.1) is 0 Å². The molecule has 2 aromatic rings. The maximum Gasteiger partial charge on any atom is 0.0312 e. The summed E-state index contributed by atoms with van der Waals surface area (Å²) >= 11 is 0. The molecule has 2 rings (SSSR count).